The highest BCUT2D eigenvalue weighted by Gasteiger charge is 2.12. The van der Waals surface area contributed by atoms with Crippen LogP contribution in [0.2, 0.25) is 0 Å². The van der Waals surface area contributed by atoms with Gasteiger partial charge in [0.05, 0.1) is 12.8 Å². The van der Waals surface area contributed by atoms with Crippen LogP contribution in [0.5, 0.6) is 5.75 Å². The Morgan fingerprint density at radius 2 is 1.78 bits per heavy atom. The van der Waals surface area contributed by atoms with E-state index in [0.29, 0.717) is 23.0 Å². The summed E-state index contributed by atoms with van der Waals surface area (Å²) in [5.74, 6) is -2.84. The number of hydrogen-bond acceptors (Lipinski definition) is 4. The zero-order chi connectivity index (χ0) is 19.4. The Morgan fingerprint density at radius 1 is 1.07 bits per heavy atom. The van der Waals surface area contributed by atoms with Gasteiger partial charge in [-0.25, -0.2) is 23.1 Å². The second-order valence-corrected chi connectivity index (χ2v) is 5.77. The van der Waals surface area contributed by atoms with Crippen molar-refractivity contribution in [1.82, 2.24) is 9.97 Å². The molecule has 138 valence electrons. The molecular weight excluding hydrogens is 355 g/mol. The van der Waals surface area contributed by atoms with Gasteiger partial charge in [0, 0.05) is 23.7 Å². The highest BCUT2D eigenvalue weighted by Crippen LogP contribution is 2.29. The van der Waals surface area contributed by atoms with Crippen LogP contribution >= 0.6 is 0 Å². The maximum atomic E-state index is 13.3. The Labute approximate surface area is 154 Å². The van der Waals surface area contributed by atoms with E-state index in [1.807, 2.05) is 24.3 Å². The van der Waals surface area contributed by atoms with Crippen LogP contribution in [0.4, 0.5) is 19.0 Å². The van der Waals surface area contributed by atoms with Crippen molar-refractivity contribution in [2.45, 2.75) is 6.42 Å². The van der Waals surface area contributed by atoms with E-state index in [2.05, 4.69) is 21.9 Å². The van der Waals surface area contributed by atoms with Crippen LogP contribution < -0.4 is 10.1 Å². The van der Waals surface area contributed by atoms with E-state index in [-0.39, 0.29) is 12.0 Å². The van der Waals surface area contributed by atoms with E-state index in [0.717, 1.165) is 17.7 Å². The van der Waals surface area contributed by atoms with Gasteiger partial charge in [-0.15, -0.1) is 0 Å². The molecule has 0 saturated heterocycles. The van der Waals surface area contributed by atoms with Crippen molar-refractivity contribution < 1.29 is 17.9 Å². The largest absolute Gasteiger partial charge is 0.496 e. The summed E-state index contributed by atoms with van der Waals surface area (Å²) < 4.78 is 45.0. The summed E-state index contributed by atoms with van der Waals surface area (Å²) in [5, 5.41) is 2.97. The Kier molecular flexibility index (Phi) is 5.40. The van der Waals surface area contributed by atoms with Gasteiger partial charge in [0.25, 0.3) is 0 Å². The summed E-state index contributed by atoms with van der Waals surface area (Å²) in [4.78, 5) is 8.36. The molecule has 0 unspecified atom stereocenters. The lowest BCUT2D eigenvalue weighted by Gasteiger charge is -2.11. The molecule has 0 spiro atoms. The Bertz CT molecular complexity index is 969. The first-order valence-electron chi connectivity index (χ1n) is 8.01. The first-order valence-corrected chi connectivity index (χ1v) is 8.01. The van der Waals surface area contributed by atoms with E-state index >= 15 is 0 Å². The standard InChI is InChI=1S/C20H16F3N3O/c1-12(7-13-8-15(21)20(23)16(22)9-13)26-19-10-17(24-11-25-19)14-5-3-4-6-18(14)27-2/h3-6,8-11H,1,7H2,2H3,(H,24,25,26). The first-order chi connectivity index (χ1) is 13.0. The zero-order valence-electron chi connectivity index (χ0n) is 14.5. The van der Waals surface area contributed by atoms with Gasteiger partial charge < -0.3 is 10.1 Å². The Morgan fingerprint density at radius 3 is 2.48 bits per heavy atom. The molecule has 3 rings (SSSR count). The van der Waals surface area contributed by atoms with Crippen LogP contribution in [-0.2, 0) is 6.42 Å². The average molecular weight is 371 g/mol. The van der Waals surface area contributed by atoms with Gasteiger partial charge in [-0.1, -0.05) is 18.7 Å². The van der Waals surface area contributed by atoms with Gasteiger partial charge in [0.1, 0.15) is 17.9 Å². The molecule has 1 N–H and O–H groups in total. The molecule has 0 aliphatic carbocycles. The van der Waals surface area contributed by atoms with Crippen LogP contribution in [0, 0.1) is 17.5 Å². The minimum atomic E-state index is -1.49. The van der Waals surface area contributed by atoms with Gasteiger partial charge in [-0.3, -0.25) is 0 Å². The molecule has 0 aliphatic rings. The lowest BCUT2D eigenvalue weighted by Crippen LogP contribution is -2.05. The highest BCUT2D eigenvalue weighted by atomic mass is 19.2. The van der Waals surface area contributed by atoms with Gasteiger partial charge in [-0.05, 0) is 29.8 Å². The summed E-state index contributed by atoms with van der Waals surface area (Å²) in [6, 6.07) is 11.0. The third kappa shape index (κ3) is 4.25. The van der Waals surface area contributed by atoms with Crippen molar-refractivity contribution >= 4 is 5.82 Å². The van der Waals surface area contributed by atoms with Crippen molar-refractivity contribution in [2.24, 2.45) is 0 Å². The second kappa shape index (κ2) is 7.90. The molecule has 1 heterocycles. The highest BCUT2D eigenvalue weighted by molar-refractivity contribution is 5.69. The van der Waals surface area contributed by atoms with E-state index in [1.54, 1.807) is 13.2 Å². The molecule has 1 aromatic heterocycles. The fourth-order valence-electron chi connectivity index (χ4n) is 2.61. The molecule has 0 saturated carbocycles. The molecule has 4 nitrogen and oxygen atoms in total. The predicted octanol–water partition coefficient (Wildman–Crippen LogP) is 4.74. The van der Waals surface area contributed by atoms with Crippen LogP contribution in [0.3, 0.4) is 0 Å². The maximum Gasteiger partial charge on any atom is 0.194 e. The SMILES string of the molecule is C=C(Cc1cc(F)c(F)c(F)c1)Nc1cc(-c2ccccc2OC)ncn1. The zero-order valence-corrected chi connectivity index (χ0v) is 14.5. The fraction of sp³-hybridized carbons (Fsp3) is 0.100. The number of rotatable bonds is 6. The number of allylic oxidation sites excluding steroid dienone is 1. The number of aromatic nitrogens is 2. The van der Waals surface area contributed by atoms with Gasteiger partial charge >= 0.3 is 0 Å². The monoisotopic (exact) mass is 371 g/mol. The summed E-state index contributed by atoms with van der Waals surface area (Å²) in [5.41, 5.74) is 2.11. The number of methoxy groups -OCH3 is 1. The fourth-order valence-corrected chi connectivity index (χ4v) is 2.61. The smallest absolute Gasteiger partial charge is 0.194 e. The van der Waals surface area contributed by atoms with E-state index in [4.69, 9.17) is 4.74 Å². The number of nitrogens with one attached hydrogen (secondary N) is 1. The lowest BCUT2D eigenvalue weighted by atomic mass is 10.1. The predicted molar refractivity (Wildman–Crippen MR) is 96.8 cm³/mol. The molecule has 0 amide bonds. The van der Waals surface area contributed by atoms with Crippen molar-refractivity contribution in [3.8, 4) is 17.0 Å². The molecule has 0 aliphatic heterocycles. The topological polar surface area (TPSA) is 47.0 Å². The molecule has 0 radical (unpaired) electrons. The molecule has 0 fully saturated rings. The minimum absolute atomic E-state index is 0.0993. The second-order valence-electron chi connectivity index (χ2n) is 5.77. The number of hydrogen-bond donors (Lipinski definition) is 1. The number of para-hydroxylation sites is 1. The lowest BCUT2D eigenvalue weighted by molar-refractivity contribution is 0.416. The molecule has 27 heavy (non-hydrogen) atoms. The third-order valence-corrected chi connectivity index (χ3v) is 3.82. The van der Waals surface area contributed by atoms with Crippen molar-refractivity contribution in [1.29, 1.82) is 0 Å². The van der Waals surface area contributed by atoms with Gasteiger partial charge in [0.15, 0.2) is 17.5 Å². The Hall–Kier alpha value is -3.35. The summed E-state index contributed by atoms with van der Waals surface area (Å²) in [6.45, 7) is 3.83. The third-order valence-electron chi connectivity index (χ3n) is 3.82. The van der Waals surface area contributed by atoms with Crippen molar-refractivity contribution in [3.63, 3.8) is 0 Å². The normalized spacial score (nSPS) is 10.5. The summed E-state index contributed by atoms with van der Waals surface area (Å²) in [6.07, 6.45) is 1.48. The number of nitrogens with zero attached hydrogens (tertiary/aromatic N) is 2. The van der Waals surface area contributed by atoms with Crippen molar-refractivity contribution in [3.05, 3.63) is 84.1 Å². The van der Waals surface area contributed by atoms with Gasteiger partial charge in [-0.2, -0.15) is 0 Å². The number of ether oxygens (including phenoxy) is 1. The van der Waals surface area contributed by atoms with Gasteiger partial charge in [0.2, 0.25) is 0 Å². The molecule has 7 heteroatoms. The average Bonchev–Trinajstić information content (AvgIpc) is 2.66. The first kappa shape index (κ1) is 18.4. The molecule has 2 aromatic carbocycles. The number of halogens is 3. The molecular formula is C20H16F3N3O. The van der Waals surface area contributed by atoms with Crippen LogP contribution in [0.25, 0.3) is 11.3 Å². The van der Waals surface area contributed by atoms with E-state index in [9.17, 15) is 13.2 Å². The molecule has 0 bridgehead atoms. The van der Waals surface area contributed by atoms with Crippen LogP contribution in [-0.4, -0.2) is 17.1 Å². The number of benzene rings is 2. The molecule has 0 atom stereocenters. The summed E-state index contributed by atoms with van der Waals surface area (Å²) >= 11 is 0. The maximum absolute atomic E-state index is 13.3. The van der Waals surface area contributed by atoms with E-state index in [1.165, 1.54) is 6.33 Å². The molecule has 3 aromatic rings. The quantitative estimate of drug-likeness (QED) is 0.636. The van der Waals surface area contributed by atoms with Crippen LogP contribution in [0.1, 0.15) is 5.56 Å². The number of anilines is 1. The van der Waals surface area contributed by atoms with Crippen LogP contribution in [0.15, 0.2) is 61.1 Å². The summed E-state index contributed by atoms with van der Waals surface area (Å²) in [7, 11) is 1.57. The Balaban J connectivity index is 1.77. The van der Waals surface area contributed by atoms with E-state index < -0.39 is 17.5 Å². The van der Waals surface area contributed by atoms with Crippen molar-refractivity contribution in [2.75, 3.05) is 12.4 Å². The minimum Gasteiger partial charge on any atom is -0.496 e.